The van der Waals surface area contributed by atoms with E-state index < -0.39 is 29.9 Å². The van der Waals surface area contributed by atoms with E-state index in [1.165, 1.54) is 6.20 Å². The fraction of sp³-hybridized carbons (Fsp3) is 0.556. The number of aromatic amines is 1. The first-order valence-electron chi connectivity index (χ1n) is 4.83. The second kappa shape index (κ2) is 3.84. The van der Waals surface area contributed by atoms with Crippen LogP contribution < -0.4 is 11.2 Å². The van der Waals surface area contributed by atoms with Crippen LogP contribution in [0.4, 0.5) is 4.39 Å². The highest BCUT2D eigenvalue weighted by Gasteiger charge is 2.41. The van der Waals surface area contributed by atoms with Crippen LogP contribution in [0, 0.1) is 0 Å². The van der Waals surface area contributed by atoms with Gasteiger partial charge in [-0.2, -0.15) is 0 Å². The van der Waals surface area contributed by atoms with Crippen LogP contribution in [-0.2, 0) is 4.74 Å². The molecule has 16 heavy (non-hydrogen) atoms. The van der Waals surface area contributed by atoms with E-state index >= 15 is 0 Å². The lowest BCUT2D eigenvalue weighted by Gasteiger charge is -2.18. The number of aliphatic hydroxyl groups is 1. The van der Waals surface area contributed by atoms with Gasteiger partial charge in [-0.3, -0.25) is 14.3 Å². The molecule has 6 nitrogen and oxygen atoms in total. The van der Waals surface area contributed by atoms with E-state index in [1.54, 1.807) is 0 Å². The van der Waals surface area contributed by atoms with Gasteiger partial charge in [0, 0.05) is 18.7 Å². The number of H-pyrrole nitrogens is 1. The number of aromatic nitrogens is 2. The lowest BCUT2D eigenvalue weighted by molar-refractivity contribution is -0.177. The second-order valence-corrected chi connectivity index (χ2v) is 3.67. The molecular weight excluding hydrogens is 219 g/mol. The van der Waals surface area contributed by atoms with Crippen LogP contribution in [0.2, 0.25) is 0 Å². The number of rotatable bonds is 2. The van der Waals surface area contributed by atoms with Crippen molar-refractivity contribution in [2.24, 2.45) is 0 Å². The van der Waals surface area contributed by atoms with E-state index in [-0.39, 0.29) is 12.8 Å². The van der Waals surface area contributed by atoms with E-state index in [1.807, 2.05) is 4.98 Å². The molecule has 0 aliphatic carbocycles. The normalized spacial score (nSPS) is 29.5. The zero-order valence-corrected chi connectivity index (χ0v) is 8.35. The highest BCUT2D eigenvalue weighted by Crippen LogP contribution is 2.36. The third-order valence-electron chi connectivity index (χ3n) is 2.51. The summed E-state index contributed by atoms with van der Waals surface area (Å²) in [4.78, 5) is 24.2. The van der Waals surface area contributed by atoms with Gasteiger partial charge in [0.25, 0.3) is 5.56 Å². The SMILES string of the molecule is O=c1ccn(C2CCC(F)(CO)O2)c(=O)[nH]1. The quantitative estimate of drug-likeness (QED) is 0.717. The van der Waals surface area contributed by atoms with Gasteiger partial charge in [0.2, 0.25) is 5.85 Å². The van der Waals surface area contributed by atoms with E-state index in [0.29, 0.717) is 0 Å². The molecule has 2 rings (SSSR count). The Morgan fingerprint density at radius 1 is 1.69 bits per heavy atom. The number of aliphatic hydroxyl groups excluding tert-OH is 1. The molecule has 1 aliphatic rings. The van der Waals surface area contributed by atoms with E-state index in [9.17, 15) is 14.0 Å². The van der Waals surface area contributed by atoms with Crippen LogP contribution in [0.15, 0.2) is 21.9 Å². The Hall–Kier alpha value is -1.47. The Morgan fingerprint density at radius 2 is 2.44 bits per heavy atom. The average Bonchev–Trinajstić information content (AvgIpc) is 2.62. The van der Waals surface area contributed by atoms with Gasteiger partial charge in [0.15, 0.2) is 0 Å². The smallest absolute Gasteiger partial charge is 0.330 e. The molecule has 2 atom stereocenters. The van der Waals surface area contributed by atoms with Crippen molar-refractivity contribution >= 4 is 0 Å². The van der Waals surface area contributed by atoms with Crippen LogP contribution in [0.25, 0.3) is 0 Å². The molecular formula is C9H11FN2O4. The minimum Gasteiger partial charge on any atom is -0.390 e. The number of nitrogens with zero attached hydrogens (tertiary/aromatic N) is 1. The predicted molar refractivity (Wildman–Crippen MR) is 51.6 cm³/mol. The van der Waals surface area contributed by atoms with Gasteiger partial charge in [-0.05, 0) is 6.42 Å². The molecule has 1 saturated heterocycles. The molecule has 2 heterocycles. The van der Waals surface area contributed by atoms with Crippen LogP contribution >= 0.6 is 0 Å². The molecule has 0 radical (unpaired) electrons. The maximum absolute atomic E-state index is 13.5. The summed E-state index contributed by atoms with van der Waals surface area (Å²) in [6, 6.07) is 1.15. The lowest BCUT2D eigenvalue weighted by atomic mass is 10.2. The van der Waals surface area contributed by atoms with E-state index in [4.69, 9.17) is 9.84 Å². The summed E-state index contributed by atoms with van der Waals surface area (Å²) in [5, 5.41) is 8.76. The van der Waals surface area contributed by atoms with Crippen LogP contribution in [0.5, 0.6) is 0 Å². The zero-order valence-electron chi connectivity index (χ0n) is 8.35. The van der Waals surface area contributed by atoms with Crippen molar-refractivity contribution < 1.29 is 14.2 Å². The van der Waals surface area contributed by atoms with Gasteiger partial charge in [0.05, 0.1) is 0 Å². The summed E-state index contributed by atoms with van der Waals surface area (Å²) in [6.07, 6.45) is 0.735. The minimum atomic E-state index is -2.10. The summed E-state index contributed by atoms with van der Waals surface area (Å²) in [7, 11) is 0. The Labute approximate surface area is 89.3 Å². The molecule has 0 spiro atoms. The first-order valence-corrected chi connectivity index (χ1v) is 4.83. The Kier molecular flexibility index (Phi) is 2.64. The summed E-state index contributed by atoms with van der Waals surface area (Å²) >= 11 is 0. The van der Waals surface area contributed by atoms with Gasteiger partial charge in [-0.25, -0.2) is 9.18 Å². The van der Waals surface area contributed by atoms with Gasteiger partial charge in [-0.1, -0.05) is 0 Å². The molecule has 0 amide bonds. The standard InChI is InChI=1S/C9H11FN2O4/c10-9(5-13)3-1-7(16-9)12-4-2-6(14)11-8(12)15/h2,4,7,13H,1,3,5H2,(H,11,14,15). The maximum Gasteiger partial charge on any atom is 0.330 e. The topological polar surface area (TPSA) is 84.3 Å². The third kappa shape index (κ3) is 1.91. The molecule has 7 heteroatoms. The van der Waals surface area contributed by atoms with Gasteiger partial charge < -0.3 is 9.84 Å². The molecule has 1 aromatic rings. The Morgan fingerprint density at radius 3 is 3.00 bits per heavy atom. The number of hydrogen-bond acceptors (Lipinski definition) is 4. The summed E-state index contributed by atoms with van der Waals surface area (Å²) in [5.74, 6) is -2.10. The van der Waals surface area contributed by atoms with Crippen molar-refractivity contribution in [1.82, 2.24) is 9.55 Å². The molecule has 1 aromatic heterocycles. The molecule has 2 N–H and O–H groups in total. The average molecular weight is 230 g/mol. The largest absolute Gasteiger partial charge is 0.390 e. The molecule has 88 valence electrons. The number of hydrogen-bond donors (Lipinski definition) is 2. The Balaban J connectivity index is 2.27. The fourth-order valence-electron chi connectivity index (χ4n) is 1.67. The summed E-state index contributed by atoms with van der Waals surface area (Å²) < 4.78 is 19.6. The van der Waals surface area contributed by atoms with Crippen molar-refractivity contribution in [3.63, 3.8) is 0 Å². The number of nitrogens with one attached hydrogen (secondary N) is 1. The van der Waals surface area contributed by atoms with Crippen LogP contribution in [0.1, 0.15) is 19.1 Å². The number of halogens is 1. The Bertz CT molecular complexity index is 497. The van der Waals surface area contributed by atoms with Crippen molar-refractivity contribution in [2.75, 3.05) is 6.61 Å². The van der Waals surface area contributed by atoms with E-state index in [0.717, 1.165) is 10.6 Å². The molecule has 2 unspecified atom stereocenters. The summed E-state index contributed by atoms with van der Waals surface area (Å²) in [5.41, 5.74) is -1.17. The fourth-order valence-corrected chi connectivity index (χ4v) is 1.67. The van der Waals surface area contributed by atoms with Crippen molar-refractivity contribution in [3.8, 4) is 0 Å². The maximum atomic E-state index is 13.5. The monoisotopic (exact) mass is 230 g/mol. The van der Waals surface area contributed by atoms with Crippen molar-refractivity contribution in [3.05, 3.63) is 33.1 Å². The molecule has 0 aromatic carbocycles. The van der Waals surface area contributed by atoms with Gasteiger partial charge in [-0.15, -0.1) is 0 Å². The molecule has 0 saturated carbocycles. The molecule has 1 aliphatic heterocycles. The third-order valence-corrected chi connectivity index (χ3v) is 2.51. The van der Waals surface area contributed by atoms with Crippen molar-refractivity contribution in [2.45, 2.75) is 24.9 Å². The van der Waals surface area contributed by atoms with Crippen LogP contribution in [-0.4, -0.2) is 27.1 Å². The lowest BCUT2D eigenvalue weighted by Crippen LogP contribution is -2.33. The number of ether oxygens (including phenoxy) is 1. The first kappa shape index (κ1) is 11.0. The van der Waals surface area contributed by atoms with E-state index in [2.05, 4.69) is 0 Å². The molecule has 1 fully saturated rings. The summed E-state index contributed by atoms with van der Waals surface area (Å²) in [6.45, 7) is -0.748. The minimum absolute atomic E-state index is 0.0136. The number of alkyl halides is 1. The highest BCUT2D eigenvalue weighted by atomic mass is 19.2. The second-order valence-electron chi connectivity index (χ2n) is 3.67. The van der Waals surface area contributed by atoms with Crippen LogP contribution in [0.3, 0.4) is 0 Å². The molecule has 0 bridgehead atoms. The van der Waals surface area contributed by atoms with Gasteiger partial charge in [0.1, 0.15) is 12.8 Å². The van der Waals surface area contributed by atoms with Gasteiger partial charge >= 0.3 is 5.69 Å². The van der Waals surface area contributed by atoms with Crippen molar-refractivity contribution in [1.29, 1.82) is 0 Å². The highest BCUT2D eigenvalue weighted by molar-refractivity contribution is 4.87. The predicted octanol–water partition coefficient (Wildman–Crippen LogP) is -0.496. The zero-order chi connectivity index (χ0) is 11.8. The first-order chi connectivity index (χ1) is 7.54.